The molecule has 0 aliphatic heterocycles. The van der Waals surface area contributed by atoms with Crippen LogP contribution in [0.4, 0.5) is 8.78 Å². The van der Waals surface area contributed by atoms with Gasteiger partial charge in [0.25, 0.3) is 0 Å². The van der Waals surface area contributed by atoms with Crippen molar-refractivity contribution in [3.8, 4) is 0 Å². The molecular formula is C12H14F2O2. The van der Waals surface area contributed by atoms with Crippen molar-refractivity contribution in [3.63, 3.8) is 0 Å². The average molecular weight is 228 g/mol. The van der Waals surface area contributed by atoms with E-state index in [2.05, 4.69) is 0 Å². The first-order chi connectivity index (χ1) is 7.61. The number of ether oxygens (including phenoxy) is 1. The number of Topliss-reactive ketones (excluding diaryl/α,β-unsaturated/α-hetero) is 1. The number of carbonyl (C=O) groups is 1. The summed E-state index contributed by atoms with van der Waals surface area (Å²) in [7, 11) is 1.27. The quantitative estimate of drug-likeness (QED) is 0.774. The first-order valence-corrected chi connectivity index (χ1v) is 5.11. The minimum absolute atomic E-state index is 0.242. The van der Waals surface area contributed by atoms with Gasteiger partial charge in [-0.05, 0) is 18.6 Å². The minimum Gasteiger partial charge on any atom is -0.369 e. The molecule has 0 amide bonds. The van der Waals surface area contributed by atoms with Crippen molar-refractivity contribution in [2.45, 2.75) is 25.9 Å². The molecule has 0 radical (unpaired) electrons. The van der Waals surface area contributed by atoms with Crippen LogP contribution in [0.1, 0.15) is 31.4 Å². The standard InChI is InChI=1S/C12H14F2O2/c1-3-5-10(15)12(16-2)11-8(13)6-4-7-9(11)14/h4,6-7,12H,3,5H2,1-2H3. The predicted molar refractivity (Wildman–Crippen MR) is 56.0 cm³/mol. The Morgan fingerprint density at radius 1 is 1.38 bits per heavy atom. The number of halogens is 2. The van der Waals surface area contributed by atoms with Crippen molar-refractivity contribution in [2.24, 2.45) is 0 Å². The first-order valence-electron chi connectivity index (χ1n) is 5.11. The summed E-state index contributed by atoms with van der Waals surface area (Å²) in [6.07, 6.45) is -0.290. The second-order valence-electron chi connectivity index (χ2n) is 3.47. The summed E-state index contributed by atoms with van der Waals surface area (Å²) in [5.41, 5.74) is -0.302. The van der Waals surface area contributed by atoms with E-state index in [1.165, 1.54) is 13.2 Å². The van der Waals surface area contributed by atoms with Crippen molar-refractivity contribution in [3.05, 3.63) is 35.4 Å². The van der Waals surface area contributed by atoms with Gasteiger partial charge in [-0.15, -0.1) is 0 Å². The fourth-order valence-electron chi connectivity index (χ4n) is 1.55. The van der Waals surface area contributed by atoms with Gasteiger partial charge < -0.3 is 4.74 Å². The van der Waals surface area contributed by atoms with Gasteiger partial charge in [0.2, 0.25) is 0 Å². The van der Waals surface area contributed by atoms with Gasteiger partial charge >= 0.3 is 0 Å². The lowest BCUT2D eigenvalue weighted by Crippen LogP contribution is -2.17. The van der Waals surface area contributed by atoms with Crippen molar-refractivity contribution >= 4 is 5.78 Å². The fraction of sp³-hybridized carbons (Fsp3) is 0.417. The average Bonchev–Trinajstić information content (AvgIpc) is 2.24. The zero-order valence-electron chi connectivity index (χ0n) is 9.30. The Kier molecular flexibility index (Phi) is 4.55. The highest BCUT2D eigenvalue weighted by molar-refractivity contribution is 5.84. The molecule has 0 fully saturated rings. The highest BCUT2D eigenvalue weighted by atomic mass is 19.1. The Labute approximate surface area is 93.2 Å². The topological polar surface area (TPSA) is 26.3 Å². The van der Waals surface area contributed by atoms with Gasteiger partial charge in [-0.1, -0.05) is 13.0 Å². The molecule has 0 aliphatic carbocycles. The molecule has 0 aliphatic rings. The van der Waals surface area contributed by atoms with E-state index in [-0.39, 0.29) is 17.8 Å². The molecule has 0 aromatic heterocycles. The van der Waals surface area contributed by atoms with Gasteiger partial charge in [-0.3, -0.25) is 4.79 Å². The Bertz CT molecular complexity index is 357. The van der Waals surface area contributed by atoms with Gasteiger partial charge in [0.05, 0.1) is 5.56 Å². The van der Waals surface area contributed by atoms with Crippen LogP contribution in [-0.2, 0) is 9.53 Å². The normalized spacial score (nSPS) is 12.5. The van der Waals surface area contributed by atoms with Crippen molar-refractivity contribution in [1.29, 1.82) is 0 Å². The number of rotatable bonds is 5. The number of hydrogen-bond donors (Lipinski definition) is 0. The molecule has 1 atom stereocenters. The Morgan fingerprint density at radius 2 is 1.94 bits per heavy atom. The molecule has 4 heteroatoms. The second kappa shape index (κ2) is 5.70. The predicted octanol–water partition coefficient (Wildman–Crippen LogP) is 3.02. The molecule has 0 saturated carbocycles. The van der Waals surface area contributed by atoms with Crippen LogP contribution in [0.3, 0.4) is 0 Å². The third-order valence-corrected chi connectivity index (χ3v) is 2.29. The van der Waals surface area contributed by atoms with Gasteiger partial charge in [0.15, 0.2) is 5.78 Å². The third kappa shape index (κ3) is 2.64. The Balaban J connectivity index is 3.08. The van der Waals surface area contributed by atoms with E-state index in [1.807, 2.05) is 6.92 Å². The van der Waals surface area contributed by atoms with Crippen LogP contribution in [-0.4, -0.2) is 12.9 Å². The number of benzene rings is 1. The van der Waals surface area contributed by atoms with Crippen molar-refractivity contribution in [2.75, 3.05) is 7.11 Å². The first kappa shape index (κ1) is 12.8. The van der Waals surface area contributed by atoms with E-state index in [1.54, 1.807) is 0 Å². The molecule has 0 heterocycles. The van der Waals surface area contributed by atoms with Gasteiger partial charge in [0, 0.05) is 13.5 Å². The lowest BCUT2D eigenvalue weighted by molar-refractivity contribution is -0.129. The van der Waals surface area contributed by atoms with E-state index < -0.39 is 17.7 Å². The van der Waals surface area contributed by atoms with Crippen molar-refractivity contribution < 1.29 is 18.3 Å². The number of ketones is 1. The van der Waals surface area contributed by atoms with Crippen LogP contribution in [0.25, 0.3) is 0 Å². The van der Waals surface area contributed by atoms with Crippen LogP contribution in [0, 0.1) is 11.6 Å². The van der Waals surface area contributed by atoms with E-state index in [0.29, 0.717) is 6.42 Å². The molecule has 1 aromatic rings. The highest BCUT2D eigenvalue weighted by Gasteiger charge is 2.25. The lowest BCUT2D eigenvalue weighted by atomic mass is 10.0. The van der Waals surface area contributed by atoms with Crippen LogP contribution in [0.2, 0.25) is 0 Å². The van der Waals surface area contributed by atoms with Gasteiger partial charge in [0.1, 0.15) is 17.7 Å². The van der Waals surface area contributed by atoms with Crippen LogP contribution >= 0.6 is 0 Å². The summed E-state index contributed by atoms with van der Waals surface area (Å²) in [5.74, 6) is -1.82. The largest absolute Gasteiger partial charge is 0.369 e. The summed E-state index contributed by atoms with van der Waals surface area (Å²) >= 11 is 0. The molecule has 2 nitrogen and oxygen atoms in total. The summed E-state index contributed by atoms with van der Waals surface area (Å²) in [6.45, 7) is 1.82. The van der Waals surface area contributed by atoms with E-state index in [9.17, 15) is 13.6 Å². The maximum absolute atomic E-state index is 13.4. The molecule has 1 aromatic carbocycles. The fourth-order valence-corrected chi connectivity index (χ4v) is 1.55. The number of methoxy groups -OCH3 is 1. The Hall–Kier alpha value is -1.29. The second-order valence-corrected chi connectivity index (χ2v) is 3.47. The van der Waals surface area contributed by atoms with Crippen LogP contribution in [0.15, 0.2) is 18.2 Å². The maximum Gasteiger partial charge on any atom is 0.166 e. The summed E-state index contributed by atoms with van der Waals surface area (Å²) < 4.78 is 31.7. The molecule has 0 saturated heterocycles. The number of hydrogen-bond acceptors (Lipinski definition) is 2. The summed E-state index contributed by atoms with van der Waals surface area (Å²) in [4.78, 5) is 11.6. The van der Waals surface area contributed by atoms with Crippen LogP contribution in [0.5, 0.6) is 0 Å². The van der Waals surface area contributed by atoms with Crippen molar-refractivity contribution in [1.82, 2.24) is 0 Å². The smallest absolute Gasteiger partial charge is 0.166 e. The molecule has 1 unspecified atom stereocenters. The lowest BCUT2D eigenvalue weighted by Gasteiger charge is -2.15. The number of carbonyl (C=O) groups excluding carboxylic acids is 1. The minimum atomic E-state index is -1.15. The summed E-state index contributed by atoms with van der Waals surface area (Å²) in [6, 6.07) is 3.48. The molecule has 0 spiro atoms. The molecule has 0 bridgehead atoms. The molecular weight excluding hydrogens is 214 g/mol. The van der Waals surface area contributed by atoms with Gasteiger partial charge in [-0.2, -0.15) is 0 Å². The Morgan fingerprint density at radius 3 is 2.38 bits per heavy atom. The zero-order chi connectivity index (χ0) is 12.1. The SMILES string of the molecule is CCCC(=O)C(OC)c1c(F)cccc1F. The zero-order valence-corrected chi connectivity index (χ0v) is 9.30. The summed E-state index contributed by atoms with van der Waals surface area (Å²) in [5, 5.41) is 0. The monoisotopic (exact) mass is 228 g/mol. The molecule has 88 valence electrons. The molecule has 1 rings (SSSR count). The van der Waals surface area contributed by atoms with E-state index >= 15 is 0 Å². The molecule has 16 heavy (non-hydrogen) atoms. The van der Waals surface area contributed by atoms with E-state index in [0.717, 1.165) is 12.1 Å². The maximum atomic E-state index is 13.4. The molecule has 0 N–H and O–H groups in total. The third-order valence-electron chi connectivity index (χ3n) is 2.29. The highest BCUT2D eigenvalue weighted by Crippen LogP contribution is 2.25. The van der Waals surface area contributed by atoms with E-state index in [4.69, 9.17) is 4.74 Å². The van der Waals surface area contributed by atoms with Crippen LogP contribution < -0.4 is 0 Å². The van der Waals surface area contributed by atoms with Gasteiger partial charge in [-0.25, -0.2) is 8.78 Å².